The maximum absolute atomic E-state index is 12.5. The van der Waals surface area contributed by atoms with E-state index in [9.17, 15) is 9.59 Å². The van der Waals surface area contributed by atoms with Crippen LogP contribution in [0.2, 0.25) is 0 Å². The van der Waals surface area contributed by atoms with Crippen molar-refractivity contribution in [1.82, 2.24) is 4.90 Å². The number of nitrogens with two attached hydrogens (primary N) is 1. The fourth-order valence-electron chi connectivity index (χ4n) is 2.61. The third kappa shape index (κ3) is 3.32. The minimum Gasteiger partial charge on any atom is -0.480 e. The van der Waals surface area contributed by atoms with Crippen LogP contribution in [-0.4, -0.2) is 41.5 Å². The lowest BCUT2D eigenvalue weighted by atomic mass is 9.73. The summed E-state index contributed by atoms with van der Waals surface area (Å²) in [6.45, 7) is 3.83. The molecule has 0 heterocycles. The van der Waals surface area contributed by atoms with Gasteiger partial charge in [-0.25, -0.2) is 0 Å². The summed E-state index contributed by atoms with van der Waals surface area (Å²) in [5.74, 6) is -1.14. The van der Waals surface area contributed by atoms with Gasteiger partial charge >= 0.3 is 5.97 Å². The van der Waals surface area contributed by atoms with E-state index in [1.165, 1.54) is 4.90 Å². The van der Waals surface area contributed by atoms with Crippen LogP contribution >= 0.6 is 0 Å². The fraction of sp³-hybridized carbons (Fsp3) is 0.692. The van der Waals surface area contributed by atoms with E-state index in [0.29, 0.717) is 6.54 Å². The average molecular weight is 254 g/mol. The zero-order chi connectivity index (χ0) is 13.6. The maximum atomic E-state index is 12.5. The lowest BCUT2D eigenvalue weighted by Gasteiger charge is -2.38. The van der Waals surface area contributed by atoms with E-state index < -0.39 is 11.4 Å². The smallest absolute Gasteiger partial charge is 0.323 e. The van der Waals surface area contributed by atoms with Gasteiger partial charge in [0.1, 0.15) is 6.54 Å². The minimum atomic E-state index is -1.01. The first kappa shape index (κ1) is 14.7. The Kier molecular flexibility index (Phi) is 5.34. The molecule has 5 heteroatoms. The summed E-state index contributed by atoms with van der Waals surface area (Å²) in [5, 5.41) is 8.85. The molecule has 0 saturated heterocycles. The lowest BCUT2D eigenvalue weighted by molar-refractivity contribution is -0.150. The van der Waals surface area contributed by atoms with Crippen LogP contribution in [0.1, 0.15) is 32.1 Å². The van der Waals surface area contributed by atoms with Crippen molar-refractivity contribution in [2.75, 3.05) is 19.6 Å². The molecule has 1 saturated carbocycles. The van der Waals surface area contributed by atoms with Crippen molar-refractivity contribution >= 4 is 11.9 Å². The lowest BCUT2D eigenvalue weighted by Crippen LogP contribution is -2.50. The number of aliphatic carboxylic acids is 1. The van der Waals surface area contributed by atoms with Crippen molar-refractivity contribution in [1.29, 1.82) is 0 Å². The molecular weight excluding hydrogens is 232 g/mol. The Morgan fingerprint density at radius 1 is 1.33 bits per heavy atom. The molecule has 18 heavy (non-hydrogen) atoms. The summed E-state index contributed by atoms with van der Waals surface area (Å²) in [6, 6.07) is 0. The summed E-state index contributed by atoms with van der Waals surface area (Å²) < 4.78 is 0. The van der Waals surface area contributed by atoms with Crippen molar-refractivity contribution < 1.29 is 14.7 Å². The molecule has 0 atom stereocenters. The van der Waals surface area contributed by atoms with Crippen LogP contribution in [0.4, 0.5) is 0 Å². The monoisotopic (exact) mass is 254 g/mol. The molecule has 0 aromatic rings. The zero-order valence-corrected chi connectivity index (χ0v) is 10.7. The molecule has 1 amide bonds. The average Bonchev–Trinajstić information content (AvgIpc) is 2.37. The Bertz CT molecular complexity index is 322. The van der Waals surface area contributed by atoms with E-state index in [4.69, 9.17) is 10.8 Å². The zero-order valence-electron chi connectivity index (χ0n) is 10.7. The van der Waals surface area contributed by atoms with E-state index in [2.05, 4.69) is 6.58 Å². The molecule has 0 aliphatic heterocycles. The van der Waals surface area contributed by atoms with Gasteiger partial charge in [-0.15, -0.1) is 6.58 Å². The predicted octanol–water partition coefficient (Wildman–Crippen LogP) is 0.995. The number of nitrogens with zero attached hydrogens (tertiary/aromatic N) is 1. The number of carboxylic acid groups (broad SMARTS) is 1. The first-order valence-corrected chi connectivity index (χ1v) is 6.38. The van der Waals surface area contributed by atoms with Gasteiger partial charge in [-0.05, 0) is 12.8 Å². The second-order valence-corrected chi connectivity index (χ2v) is 4.91. The molecule has 5 nitrogen and oxygen atoms in total. The Morgan fingerprint density at radius 3 is 2.39 bits per heavy atom. The highest BCUT2D eigenvalue weighted by Crippen LogP contribution is 2.37. The van der Waals surface area contributed by atoms with Crippen LogP contribution in [0.3, 0.4) is 0 Å². The van der Waals surface area contributed by atoms with Crippen molar-refractivity contribution in [3.05, 3.63) is 12.7 Å². The van der Waals surface area contributed by atoms with Crippen LogP contribution in [-0.2, 0) is 9.59 Å². The first-order valence-electron chi connectivity index (χ1n) is 6.38. The number of carbonyl (C=O) groups is 2. The largest absolute Gasteiger partial charge is 0.480 e. The van der Waals surface area contributed by atoms with Gasteiger partial charge in [-0.2, -0.15) is 0 Å². The minimum absolute atomic E-state index is 0.132. The number of hydrogen-bond donors (Lipinski definition) is 2. The molecule has 1 aliphatic carbocycles. The van der Waals surface area contributed by atoms with Crippen LogP contribution in [0.25, 0.3) is 0 Å². The summed E-state index contributed by atoms with van der Waals surface area (Å²) >= 11 is 0. The molecule has 1 fully saturated rings. The maximum Gasteiger partial charge on any atom is 0.323 e. The quantitative estimate of drug-likeness (QED) is 0.692. The highest BCUT2D eigenvalue weighted by Gasteiger charge is 2.40. The first-order chi connectivity index (χ1) is 8.55. The fourth-order valence-corrected chi connectivity index (χ4v) is 2.61. The topological polar surface area (TPSA) is 83.6 Å². The number of carbonyl (C=O) groups excluding carboxylic acids is 1. The van der Waals surface area contributed by atoms with E-state index >= 15 is 0 Å². The van der Waals surface area contributed by atoms with Gasteiger partial charge in [0.15, 0.2) is 0 Å². The van der Waals surface area contributed by atoms with Crippen molar-refractivity contribution in [2.24, 2.45) is 11.1 Å². The molecule has 3 N–H and O–H groups in total. The van der Waals surface area contributed by atoms with Crippen molar-refractivity contribution in [3.63, 3.8) is 0 Å². The highest BCUT2D eigenvalue weighted by molar-refractivity contribution is 5.86. The summed E-state index contributed by atoms with van der Waals surface area (Å²) in [4.78, 5) is 24.7. The van der Waals surface area contributed by atoms with E-state index in [1.54, 1.807) is 6.08 Å². The molecule has 0 unspecified atom stereocenters. The summed E-state index contributed by atoms with van der Waals surface area (Å²) in [7, 11) is 0. The highest BCUT2D eigenvalue weighted by atomic mass is 16.4. The second-order valence-electron chi connectivity index (χ2n) is 4.91. The van der Waals surface area contributed by atoms with Gasteiger partial charge in [-0.1, -0.05) is 25.3 Å². The van der Waals surface area contributed by atoms with E-state index in [1.807, 2.05) is 0 Å². The molecule has 0 radical (unpaired) electrons. The number of carboxylic acids is 1. The Hall–Kier alpha value is -1.36. The Morgan fingerprint density at radius 2 is 1.94 bits per heavy atom. The van der Waals surface area contributed by atoms with Gasteiger partial charge in [-0.3, -0.25) is 9.59 Å². The van der Waals surface area contributed by atoms with E-state index in [-0.39, 0.29) is 19.0 Å². The number of rotatable bonds is 6. The van der Waals surface area contributed by atoms with E-state index in [0.717, 1.165) is 32.1 Å². The second kappa shape index (κ2) is 6.54. The van der Waals surface area contributed by atoms with Crippen LogP contribution in [0.5, 0.6) is 0 Å². The summed E-state index contributed by atoms with van der Waals surface area (Å²) in [5.41, 5.74) is 5.22. The Labute approximate surface area is 108 Å². The standard InChI is InChI=1S/C13H22N2O3/c1-2-8-15(9-11(16)17)12(18)13(10-14)6-4-3-5-7-13/h2H,1,3-10,14H2,(H,16,17). The summed E-state index contributed by atoms with van der Waals surface area (Å²) in [6.07, 6.45) is 6.16. The molecule has 102 valence electrons. The molecule has 1 rings (SSSR count). The third-order valence-electron chi connectivity index (χ3n) is 3.62. The third-order valence-corrected chi connectivity index (χ3v) is 3.62. The molecule has 1 aliphatic rings. The van der Waals surface area contributed by atoms with Crippen LogP contribution in [0, 0.1) is 5.41 Å². The van der Waals surface area contributed by atoms with Gasteiger partial charge in [0.05, 0.1) is 5.41 Å². The van der Waals surface area contributed by atoms with Crippen LogP contribution < -0.4 is 5.73 Å². The van der Waals surface area contributed by atoms with Gasteiger partial charge < -0.3 is 15.7 Å². The molecule has 0 aromatic heterocycles. The molecule has 0 spiro atoms. The molecular formula is C13H22N2O3. The van der Waals surface area contributed by atoms with Gasteiger partial charge in [0, 0.05) is 13.1 Å². The SMILES string of the molecule is C=CCN(CC(=O)O)C(=O)C1(CN)CCCCC1. The number of hydrogen-bond acceptors (Lipinski definition) is 3. The van der Waals surface area contributed by atoms with Crippen molar-refractivity contribution in [3.8, 4) is 0 Å². The Balaban J connectivity index is 2.84. The van der Waals surface area contributed by atoms with Gasteiger partial charge in [0.25, 0.3) is 0 Å². The predicted molar refractivity (Wildman–Crippen MR) is 69.0 cm³/mol. The van der Waals surface area contributed by atoms with Crippen LogP contribution in [0.15, 0.2) is 12.7 Å². The molecule has 0 bridgehead atoms. The van der Waals surface area contributed by atoms with Gasteiger partial charge in [0.2, 0.25) is 5.91 Å². The van der Waals surface area contributed by atoms with Crippen molar-refractivity contribution in [2.45, 2.75) is 32.1 Å². The molecule has 0 aromatic carbocycles. The number of amides is 1. The normalized spacial score (nSPS) is 18.1.